The highest BCUT2D eigenvalue weighted by atomic mass is 35.5. The van der Waals surface area contributed by atoms with Gasteiger partial charge in [0.15, 0.2) is 0 Å². The van der Waals surface area contributed by atoms with E-state index in [-0.39, 0.29) is 11.3 Å². The van der Waals surface area contributed by atoms with Crippen LogP contribution >= 0.6 is 11.6 Å². The van der Waals surface area contributed by atoms with Gasteiger partial charge in [0.05, 0.1) is 12.0 Å². The lowest BCUT2D eigenvalue weighted by atomic mass is 9.88. The zero-order valence-corrected chi connectivity index (χ0v) is 12.7. The lowest BCUT2D eigenvalue weighted by Gasteiger charge is -2.28. The number of halogens is 1. The van der Waals surface area contributed by atoms with E-state index >= 15 is 0 Å². The molecule has 0 aliphatic carbocycles. The van der Waals surface area contributed by atoms with E-state index in [1.807, 2.05) is 26.1 Å². The van der Waals surface area contributed by atoms with Crippen molar-refractivity contribution in [2.24, 2.45) is 5.41 Å². The molecule has 1 aliphatic rings. The van der Waals surface area contributed by atoms with Crippen LogP contribution < -0.4 is 10.1 Å². The van der Waals surface area contributed by atoms with Gasteiger partial charge in [0.25, 0.3) is 0 Å². The summed E-state index contributed by atoms with van der Waals surface area (Å²) in [6.07, 6.45) is 0.897. The van der Waals surface area contributed by atoms with E-state index in [4.69, 9.17) is 16.3 Å². The van der Waals surface area contributed by atoms with Gasteiger partial charge in [-0.05, 0) is 44.2 Å². The fourth-order valence-corrected chi connectivity index (χ4v) is 2.52. The summed E-state index contributed by atoms with van der Waals surface area (Å²) in [7, 11) is 1.83. The fraction of sp³-hybridized carbons (Fsp3) is 0.533. The van der Waals surface area contributed by atoms with Crippen LogP contribution in [0.15, 0.2) is 24.3 Å². The molecule has 1 aromatic carbocycles. The van der Waals surface area contributed by atoms with Crippen LogP contribution in [0.25, 0.3) is 0 Å². The Kier molecular flexibility index (Phi) is 4.89. The Balaban J connectivity index is 1.78. The standard InChI is InChI=1S/C15H21ClN2O2/c1-15(7-8-17-11-15)14(19)18(2)9-10-20-13-5-3-12(16)4-6-13/h3-6,17H,7-11H2,1-2H3. The summed E-state index contributed by atoms with van der Waals surface area (Å²) >= 11 is 5.81. The van der Waals surface area contributed by atoms with Crippen LogP contribution in [-0.4, -0.2) is 44.1 Å². The first-order valence-electron chi connectivity index (χ1n) is 6.86. The Morgan fingerprint density at radius 1 is 1.45 bits per heavy atom. The Labute approximate surface area is 125 Å². The minimum absolute atomic E-state index is 0.183. The second-order valence-corrected chi connectivity index (χ2v) is 5.95. The molecule has 1 unspecified atom stereocenters. The van der Waals surface area contributed by atoms with Crippen molar-refractivity contribution >= 4 is 17.5 Å². The van der Waals surface area contributed by atoms with E-state index in [1.165, 1.54) is 0 Å². The highest BCUT2D eigenvalue weighted by Gasteiger charge is 2.37. The normalized spacial score (nSPS) is 21.8. The molecule has 5 heteroatoms. The Bertz CT molecular complexity index is 455. The van der Waals surface area contributed by atoms with Crippen LogP contribution in [0, 0.1) is 5.41 Å². The van der Waals surface area contributed by atoms with E-state index in [9.17, 15) is 4.79 Å². The summed E-state index contributed by atoms with van der Waals surface area (Å²) in [4.78, 5) is 14.1. The summed E-state index contributed by atoms with van der Waals surface area (Å²) < 4.78 is 5.61. The second kappa shape index (κ2) is 6.46. The Morgan fingerprint density at radius 3 is 2.75 bits per heavy atom. The molecule has 1 amide bonds. The van der Waals surface area contributed by atoms with Gasteiger partial charge in [0, 0.05) is 18.6 Å². The third-order valence-electron chi connectivity index (χ3n) is 3.74. The minimum atomic E-state index is -0.269. The van der Waals surface area contributed by atoms with Gasteiger partial charge in [-0.3, -0.25) is 4.79 Å². The first kappa shape index (κ1) is 15.1. The highest BCUT2D eigenvalue weighted by Crippen LogP contribution is 2.26. The third-order valence-corrected chi connectivity index (χ3v) is 3.99. The van der Waals surface area contributed by atoms with Gasteiger partial charge in [-0.15, -0.1) is 0 Å². The minimum Gasteiger partial charge on any atom is -0.492 e. The number of nitrogens with zero attached hydrogens (tertiary/aromatic N) is 1. The summed E-state index contributed by atoms with van der Waals surface area (Å²) in [6.45, 7) is 4.75. The van der Waals surface area contributed by atoms with Gasteiger partial charge in [0.2, 0.25) is 5.91 Å². The van der Waals surface area contributed by atoms with E-state index in [0.717, 1.165) is 25.3 Å². The number of rotatable bonds is 5. The van der Waals surface area contributed by atoms with Crippen molar-refractivity contribution < 1.29 is 9.53 Å². The fourth-order valence-electron chi connectivity index (χ4n) is 2.39. The molecule has 1 saturated heterocycles. The molecular formula is C15H21ClN2O2. The third kappa shape index (κ3) is 3.64. The van der Waals surface area contributed by atoms with Crippen molar-refractivity contribution in [2.75, 3.05) is 33.3 Å². The maximum absolute atomic E-state index is 12.4. The number of nitrogens with one attached hydrogen (secondary N) is 1. The number of ether oxygens (including phenoxy) is 1. The van der Waals surface area contributed by atoms with Gasteiger partial charge in [-0.25, -0.2) is 0 Å². The quantitative estimate of drug-likeness (QED) is 0.905. The van der Waals surface area contributed by atoms with Crippen LogP contribution in [0.1, 0.15) is 13.3 Å². The van der Waals surface area contributed by atoms with Crippen LogP contribution in [-0.2, 0) is 4.79 Å². The van der Waals surface area contributed by atoms with Crippen molar-refractivity contribution in [2.45, 2.75) is 13.3 Å². The van der Waals surface area contributed by atoms with Crippen LogP contribution in [0.4, 0.5) is 0 Å². The van der Waals surface area contributed by atoms with E-state index in [0.29, 0.717) is 18.2 Å². The molecule has 1 atom stereocenters. The smallest absolute Gasteiger partial charge is 0.229 e. The largest absolute Gasteiger partial charge is 0.492 e. The van der Waals surface area contributed by atoms with Crippen molar-refractivity contribution in [3.63, 3.8) is 0 Å². The summed E-state index contributed by atoms with van der Waals surface area (Å²) in [5, 5.41) is 3.93. The number of benzene rings is 1. The van der Waals surface area contributed by atoms with Gasteiger partial charge >= 0.3 is 0 Å². The van der Waals surface area contributed by atoms with Crippen molar-refractivity contribution in [1.29, 1.82) is 0 Å². The Hall–Kier alpha value is -1.26. The van der Waals surface area contributed by atoms with Gasteiger partial charge in [0.1, 0.15) is 12.4 Å². The predicted octanol–water partition coefficient (Wildman–Crippen LogP) is 2.18. The van der Waals surface area contributed by atoms with Crippen LogP contribution in [0.2, 0.25) is 5.02 Å². The molecule has 1 N–H and O–H groups in total. The Morgan fingerprint density at radius 2 is 2.15 bits per heavy atom. The summed E-state index contributed by atoms with van der Waals surface area (Å²) in [6, 6.07) is 7.23. The van der Waals surface area contributed by atoms with Gasteiger partial charge in [-0.2, -0.15) is 0 Å². The molecule has 4 nitrogen and oxygen atoms in total. The number of carbonyl (C=O) groups excluding carboxylic acids is 1. The molecule has 0 spiro atoms. The molecule has 0 radical (unpaired) electrons. The maximum Gasteiger partial charge on any atom is 0.229 e. The van der Waals surface area contributed by atoms with E-state index < -0.39 is 0 Å². The number of carbonyl (C=O) groups is 1. The van der Waals surface area contributed by atoms with Crippen molar-refractivity contribution in [3.8, 4) is 5.75 Å². The van der Waals surface area contributed by atoms with Crippen LogP contribution in [0.3, 0.4) is 0 Å². The zero-order chi connectivity index (χ0) is 14.6. The average molecular weight is 297 g/mol. The second-order valence-electron chi connectivity index (χ2n) is 5.52. The average Bonchev–Trinajstić information content (AvgIpc) is 2.88. The first-order chi connectivity index (χ1) is 9.51. The van der Waals surface area contributed by atoms with Crippen molar-refractivity contribution in [1.82, 2.24) is 10.2 Å². The molecule has 0 bridgehead atoms. The number of hydrogen-bond donors (Lipinski definition) is 1. The number of amides is 1. The van der Waals surface area contributed by atoms with Crippen LogP contribution in [0.5, 0.6) is 5.75 Å². The van der Waals surface area contributed by atoms with Crippen molar-refractivity contribution in [3.05, 3.63) is 29.3 Å². The summed E-state index contributed by atoms with van der Waals surface area (Å²) in [5.41, 5.74) is -0.269. The van der Waals surface area contributed by atoms with E-state index in [1.54, 1.807) is 17.0 Å². The molecule has 1 fully saturated rings. The number of likely N-dealkylation sites (N-methyl/N-ethyl adjacent to an activating group) is 1. The maximum atomic E-state index is 12.4. The first-order valence-corrected chi connectivity index (χ1v) is 7.24. The molecule has 1 aliphatic heterocycles. The topological polar surface area (TPSA) is 41.6 Å². The monoisotopic (exact) mass is 296 g/mol. The summed E-state index contributed by atoms with van der Waals surface area (Å²) in [5.74, 6) is 0.950. The zero-order valence-electron chi connectivity index (χ0n) is 12.0. The molecule has 1 aromatic rings. The molecule has 20 heavy (non-hydrogen) atoms. The lowest BCUT2D eigenvalue weighted by molar-refractivity contribution is -0.139. The molecule has 110 valence electrons. The highest BCUT2D eigenvalue weighted by molar-refractivity contribution is 6.30. The molecular weight excluding hydrogens is 276 g/mol. The predicted molar refractivity (Wildman–Crippen MR) is 80.2 cm³/mol. The molecule has 1 heterocycles. The van der Waals surface area contributed by atoms with Gasteiger partial charge in [-0.1, -0.05) is 11.6 Å². The molecule has 2 rings (SSSR count). The lowest BCUT2D eigenvalue weighted by Crippen LogP contribution is -2.43. The molecule has 0 aromatic heterocycles. The number of hydrogen-bond acceptors (Lipinski definition) is 3. The van der Waals surface area contributed by atoms with E-state index in [2.05, 4.69) is 5.32 Å². The molecule has 0 saturated carbocycles. The SMILES string of the molecule is CN(CCOc1ccc(Cl)cc1)C(=O)C1(C)CCNC1. The van der Waals surface area contributed by atoms with Gasteiger partial charge < -0.3 is 15.0 Å².